The Bertz CT molecular complexity index is 717. The highest BCUT2D eigenvalue weighted by Crippen LogP contribution is 2.22. The van der Waals surface area contributed by atoms with Gasteiger partial charge in [-0.1, -0.05) is 36.4 Å². The molecule has 3 rings (SSSR count). The van der Waals surface area contributed by atoms with Gasteiger partial charge in [0.2, 0.25) is 0 Å². The first kappa shape index (κ1) is 12.8. The lowest BCUT2D eigenvalue weighted by atomic mass is 9.99. The smallest absolute Gasteiger partial charge is 0.0643 e. The van der Waals surface area contributed by atoms with Crippen molar-refractivity contribution in [1.29, 1.82) is 0 Å². The molecule has 0 aliphatic rings. The van der Waals surface area contributed by atoms with Crippen molar-refractivity contribution < 1.29 is 0 Å². The number of fused-ring (bicyclic) bond motifs is 1. The second kappa shape index (κ2) is 5.45. The average Bonchev–Trinajstić information content (AvgIpc) is 2.89. The van der Waals surface area contributed by atoms with Crippen LogP contribution in [0.4, 0.5) is 0 Å². The summed E-state index contributed by atoms with van der Waals surface area (Å²) in [6.45, 7) is 0. The zero-order valence-corrected chi connectivity index (χ0v) is 11.5. The van der Waals surface area contributed by atoms with Crippen molar-refractivity contribution in [2.24, 2.45) is 12.9 Å². The summed E-state index contributed by atoms with van der Waals surface area (Å²) in [7, 11) is 1.92. The van der Waals surface area contributed by atoms with E-state index in [1.807, 2.05) is 24.0 Å². The number of nitrogens with one attached hydrogen (secondary N) is 1. The molecule has 20 heavy (non-hydrogen) atoms. The van der Waals surface area contributed by atoms with E-state index < -0.39 is 0 Å². The van der Waals surface area contributed by atoms with E-state index >= 15 is 0 Å². The fraction of sp³-hybridized carbons (Fsp3) is 0.188. The normalized spacial score (nSPS) is 12.7. The third kappa shape index (κ3) is 2.57. The molecule has 1 aromatic heterocycles. The van der Waals surface area contributed by atoms with Gasteiger partial charge < -0.3 is 0 Å². The lowest BCUT2D eigenvalue weighted by Gasteiger charge is -2.15. The number of aryl methyl sites for hydroxylation is 1. The van der Waals surface area contributed by atoms with E-state index in [1.165, 1.54) is 16.3 Å². The molecule has 0 fully saturated rings. The Labute approximate surface area is 118 Å². The first-order valence-corrected chi connectivity index (χ1v) is 6.69. The fourth-order valence-corrected chi connectivity index (χ4v) is 2.48. The van der Waals surface area contributed by atoms with E-state index in [0.29, 0.717) is 0 Å². The number of nitrogens with two attached hydrogens (primary N) is 1. The maximum absolute atomic E-state index is 5.72. The molecule has 0 amide bonds. The highest BCUT2D eigenvalue weighted by atomic mass is 15.3. The monoisotopic (exact) mass is 266 g/mol. The van der Waals surface area contributed by atoms with Crippen molar-refractivity contribution in [3.63, 3.8) is 0 Å². The number of hydrogen-bond acceptors (Lipinski definition) is 3. The molecule has 1 atom stereocenters. The maximum atomic E-state index is 5.72. The van der Waals surface area contributed by atoms with Crippen molar-refractivity contribution in [2.45, 2.75) is 12.5 Å². The van der Waals surface area contributed by atoms with E-state index in [4.69, 9.17) is 5.84 Å². The van der Waals surface area contributed by atoms with E-state index in [0.717, 1.165) is 12.1 Å². The summed E-state index contributed by atoms with van der Waals surface area (Å²) in [5.41, 5.74) is 5.10. The molecule has 0 saturated carbocycles. The Kier molecular flexibility index (Phi) is 3.50. The number of nitrogens with zero attached hydrogens (tertiary/aromatic N) is 2. The van der Waals surface area contributed by atoms with Crippen LogP contribution in [0.2, 0.25) is 0 Å². The minimum atomic E-state index is 0.0644. The van der Waals surface area contributed by atoms with Crippen LogP contribution in [0, 0.1) is 0 Å². The standard InChI is InChI=1S/C16H18N4/c1-20-9-8-15(19-20)11-16(18-17)14-7-6-12-4-2-3-5-13(12)10-14/h2-10,16,18H,11,17H2,1H3. The van der Waals surface area contributed by atoms with Crippen LogP contribution in [0.25, 0.3) is 10.8 Å². The molecule has 4 heteroatoms. The van der Waals surface area contributed by atoms with E-state index in [-0.39, 0.29) is 6.04 Å². The molecular weight excluding hydrogens is 248 g/mol. The zero-order chi connectivity index (χ0) is 13.9. The topological polar surface area (TPSA) is 55.9 Å². The Hall–Kier alpha value is -2.17. The van der Waals surface area contributed by atoms with Gasteiger partial charge in [0.1, 0.15) is 0 Å². The third-order valence-corrected chi connectivity index (χ3v) is 3.56. The summed E-state index contributed by atoms with van der Waals surface area (Å²) in [5.74, 6) is 5.72. The minimum absolute atomic E-state index is 0.0644. The van der Waals surface area contributed by atoms with Gasteiger partial charge in [-0.25, -0.2) is 0 Å². The fourth-order valence-electron chi connectivity index (χ4n) is 2.48. The van der Waals surface area contributed by atoms with Gasteiger partial charge in [-0.2, -0.15) is 5.10 Å². The number of aromatic nitrogens is 2. The predicted molar refractivity (Wildman–Crippen MR) is 80.9 cm³/mol. The van der Waals surface area contributed by atoms with Gasteiger partial charge in [0.15, 0.2) is 0 Å². The largest absolute Gasteiger partial charge is 0.276 e. The lowest BCUT2D eigenvalue weighted by Crippen LogP contribution is -2.29. The van der Waals surface area contributed by atoms with Crippen molar-refractivity contribution in [2.75, 3.05) is 0 Å². The van der Waals surface area contributed by atoms with Gasteiger partial charge in [-0.15, -0.1) is 0 Å². The van der Waals surface area contributed by atoms with Gasteiger partial charge in [-0.3, -0.25) is 16.0 Å². The molecule has 0 aliphatic carbocycles. The van der Waals surface area contributed by atoms with Crippen molar-refractivity contribution >= 4 is 10.8 Å². The molecule has 4 nitrogen and oxygen atoms in total. The van der Waals surface area contributed by atoms with Crippen LogP contribution in [0.15, 0.2) is 54.7 Å². The highest BCUT2D eigenvalue weighted by Gasteiger charge is 2.12. The summed E-state index contributed by atoms with van der Waals surface area (Å²) in [5, 5.41) is 6.88. The molecule has 3 aromatic rings. The molecule has 1 unspecified atom stereocenters. The SMILES string of the molecule is Cn1ccc(CC(NN)c2ccc3ccccc3c2)n1. The molecular formula is C16H18N4. The average molecular weight is 266 g/mol. The first-order valence-electron chi connectivity index (χ1n) is 6.69. The Morgan fingerprint density at radius 3 is 2.65 bits per heavy atom. The van der Waals surface area contributed by atoms with Crippen molar-refractivity contribution in [3.05, 3.63) is 66.0 Å². The number of hydrogen-bond donors (Lipinski definition) is 2. The first-order chi connectivity index (χ1) is 9.76. The zero-order valence-electron chi connectivity index (χ0n) is 11.5. The van der Waals surface area contributed by atoms with E-state index in [1.54, 1.807) is 0 Å². The van der Waals surface area contributed by atoms with Gasteiger partial charge in [0, 0.05) is 19.7 Å². The van der Waals surface area contributed by atoms with Crippen molar-refractivity contribution in [3.8, 4) is 0 Å². The van der Waals surface area contributed by atoms with Crippen molar-refractivity contribution in [1.82, 2.24) is 15.2 Å². The number of benzene rings is 2. The van der Waals surface area contributed by atoms with Gasteiger partial charge >= 0.3 is 0 Å². The Morgan fingerprint density at radius 1 is 1.15 bits per heavy atom. The molecule has 0 bridgehead atoms. The predicted octanol–water partition coefficient (Wildman–Crippen LogP) is 2.32. The summed E-state index contributed by atoms with van der Waals surface area (Å²) in [6, 6.07) is 16.9. The van der Waals surface area contributed by atoms with Crippen LogP contribution in [-0.2, 0) is 13.5 Å². The highest BCUT2D eigenvalue weighted by molar-refractivity contribution is 5.83. The molecule has 2 aromatic carbocycles. The summed E-state index contributed by atoms with van der Waals surface area (Å²) < 4.78 is 1.81. The maximum Gasteiger partial charge on any atom is 0.0643 e. The number of hydrazine groups is 1. The van der Waals surface area contributed by atoms with Gasteiger partial charge in [-0.05, 0) is 28.5 Å². The molecule has 0 spiro atoms. The summed E-state index contributed by atoms with van der Waals surface area (Å²) >= 11 is 0. The third-order valence-electron chi connectivity index (χ3n) is 3.56. The summed E-state index contributed by atoms with van der Waals surface area (Å²) in [6.07, 6.45) is 2.72. The quantitative estimate of drug-likeness (QED) is 0.563. The number of rotatable bonds is 4. The van der Waals surface area contributed by atoms with Crippen LogP contribution in [0.5, 0.6) is 0 Å². The molecule has 1 heterocycles. The summed E-state index contributed by atoms with van der Waals surface area (Å²) in [4.78, 5) is 0. The van der Waals surface area contributed by atoms with Crippen LogP contribution < -0.4 is 11.3 Å². The lowest BCUT2D eigenvalue weighted by molar-refractivity contribution is 0.542. The van der Waals surface area contributed by atoms with E-state index in [9.17, 15) is 0 Å². The molecule has 102 valence electrons. The Morgan fingerprint density at radius 2 is 1.95 bits per heavy atom. The van der Waals surface area contributed by atoms with Crippen LogP contribution in [0.3, 0.4) is 0 Å². The van der Waals surface area contributed by atoms with Gasteiger partial charge in [0.05, 0.1) is 11.7 Å². The molecule has 3 N–H and O–H groups in total. The second-order valence-electron chi connectivity index (χ2n) is 5.01. The Balaban J connectivity index is 1.90. The van der Waals surface area contributed by atoms with Gasteiger partial charge in [0.25, 0.3) is 0 Å². The minimum Gasteiger partial charge on any atom is -0.276 e. The van der Waals surface area contributed by atoms with Crippen LogP contribution in [0.1, 0.15) is 17.3 Å². The van der Waals surface area contributed by atoms with Crippen LogP contribution in [-0.4, -0.2) is 9.78 Å². The van der Waals surface area contributed by atoms with E-state index in [2.05, 4.69) is 53.0 Å². The van der Waals surface area contributed by atoms with Crippen LogP contribution >= 0.6 is 0 Å². The second-order valence-corrected chi connectivity index (χ2v) is 5.01. The molecule has 0 saturated heterocycles. The molecule has 0 radical (unpaired) electrons. The molecule has 0 aliphatic heterocycles.